The van der Waals surface area contributed by atoms with Crippen LogP contribution >= 0.6 is 23.2 Å². The van der Waals surface area contributed by atoms with Gasteiger partial charge in [0.05, 0.1) is 17.8 Å². The van der Waals surface area contributed by atoms with Crippen molar-refractivity contribution in [2.75, 3.05) is 13.2 Å². The topological polar surface area (TPSA) is 122 Å². The Morgan fingerprint density at radius 3 is 2.45 bits per heavy atom. The summed E-state index contributed by atoms with van der Waals surface area (Å²) in [5.74, 6) is 0.117. The quantitative estimate of drug-likeness (QED) is 0.217. The number of carbonyl (C=O) groups excluding carboxylic acids is 2. The number of carbonyl (C=O) groups is 2. The molecule has 40 heavy (non-hydrogen) atoms. The van der Waals surface area contributed by atoms with Gasteiger partial charge in [-0.05, 0) is 61.4 Å². The number of hydrogen-bond donors (Lipinski definition) is 2. The van der Waals surface area contributed by atoms with E-state index in [1.807, 2.05) is 43.3 Å². The molecule has 3 aromatic carbocycles. The van der Waals surface area contributed by atoms with Gasteiger partial charge in [-0.3, -0.25) is 9.59 Å². The summed E-state index contributed by atoms with van der Waals surface area (Å²) in [5, 5.41) is 16.2. The van der Waals surface area contributed by atoms with Crippen molar-refractivity contribution in [3.63, 3.8) is 0 Å². The molecule has 2 amide bonds. The molecule has 208 valence electrons. The third-order valence-electron chi connectivity index (χ3n) is 5.43. The molecule has 2 N–H and O–H groups in total. The molecule has 0 heterocycles. The maximum Gasteiger partial charge on any atom is 0.262 e. The molecule has 2 atom stereocenters. The first-order chi connectivity index (χ1) is 19.3. The van der Waals surface area contributed by atoms with E-state index in [4.69, 9.17) is 42.7 Å². The molecule has 0 bridgehead atoms. The number of nitrogens with one attached hydrogen (secondary N) is 2. The second-order valence-electron chi connectivity index (χ2n) is 8.41. The van der Waals surface area contributed by atoms with Crippen LogP contribution in [0.1, 0.15) is 25.0 Å². The average molecular weight is 583 g/mol. The predicted molar refractivity (Wildman–Crippen MR) is 153 cm³/mol. The molecule has 0 aliphatic carbocycles. The molecule has 3 rings (SSSR count). The van der Waals surface area contributed by atoms with E-state index >= 15 is 0 Å². The number of hydrogen-bond acceptors (Lipinski definition) is 7. The Labute approximate surface area is 242 Å². The van der Waals surface area contributed by atoms with E-state index in [1.54, 1.807) is 37.3 Å². The third-order valence-corrected chi connectivity index (χ3v) is 5.96. The number of hydrazone groups is 1. The van der Waals surface area contributed by atoms with Gasteiger partial charge in [0.2, 0.25) is 0 Å². The maximum atomic E-state index is 13.1. The van der Waals surface area contributed by atoms with Crippen LogP contribution in [0, 0.1) is 11.3 Å². The first-order valence-electron chi connectivity index (χ1n) is 12.4. The van der Waals surface area contributed by atoms with E-state index in [-0.39, 0.29) is 23.8 Å². The smallest absolute Gasteiger partial charge is 0.262 e. The van der Waals surface area contributed by atoms with Crippen molar-refractivity contribution < 1.29 is 23.8 Å². The van der Waals surface area contributed by atoms with Crippen molar-refractivity contribution in [3.05, 3.63) is 87.9 Å². The van der Waals surface area contributed by atoms with E-state index < -0.39 is 24.0 Å². The molecule has 0 aliphatic rings. The van der Waals surface area contributed by atoms with Crippen LogP contribution in [0.25, 0.3) is 0 Å². The standard InChI is InChI=1S/C29H28Cl2N4O5/c1-3-38-27-16-21(9-11-26(27)39-14-13-32)18-33-35-29(37)24(15-20-7-5-4-6-8-20)34-28(36)19(2)40-25-12-10-22(30)17-23(25)31/h4-12,16-19,24H,3,14-15H2,1-2H3,(H,34,36)(H,35,37)/b33-18-/t19-,24-/m1/s1. The van der Waals surface area contributed by atoms with Crippen LogP contribution < -0.4 is 25.0 Å². The summed E-state index contributed by atoms with van der Waals surface area (Å²) in [6.45, 7) is 3.66. The second kappa shape index (κ2) is 15.4. The lowest BCUT2D eigenvalue weighted by Crippen LogP contribution is -2.50. The van der Waals surface area contributed by atoms with Gasteiger partial charge in [0.15, 0.2) is 24.2 Å². The molecule has 0 saturated heterocycles. The fourth-order valence-electron chi connectivity index (χ4n) is 3.51. The van der Waals surface area contributed by atoms with Crippen LogP contribution in [-0.4, -0.2) is 43.4 Å². The van der Waals surface area contributed by atoms with Crippen molar-refractivity contribution in [2.24, 2.45) is 5.10 Å². The Hall–Kier alpha value is -4.26. The molecule has 0 spiro atoms. The zero-order chi connectivity index (χ0) is 28.9. The van der Waals surface area contributed by atoms with E-state index in [9.17, 15) is 9.59 Å². The minimum Gasteiger partial charge on any atom is -0.490 e. The molecular weight excluding hydrogens is 555 g/mol. The number of nitrogens with zero attached hydrogens (tertiary/aromatic N) is 2. The first-order valence-corrected chi connectivity index (χ1v) is 13.1. The summed E-state index contributed by atoms with van der Waals surface area (Å²) in [6, 6.07) is 19.9. The highest BCUT2D eigenvalue weighted by Crippen LogP contribution is 2.29. The van der Waals surface area contributed by atoms with Gasteiger partial charge < -0.3 is 19.5 Å². The number of rotatable bonds is 13. The predicted octanol–water partition coefficient (Wildman–Crippen LogP) is 4.94. The van der Waals surface area contributed by atoms with Gasteiger partial charge in [-0.25, -0.2) is 5.43 Å². The maximum absolute atomic E-state index is 13.1. The number of ether oxygens (including phenoxy) is 3. The first kappa shape index (κ1) is 30.3. The molecule has 0 aromatic heterocycles. The average Bonchev–Trinajstić information content (AvgIpc) is 2.94. The van der Waals surface area contributed by atoms with Gasteiger partial charge >= 0.3 is 0 Å². The number of halogens is 2. The van der Waals surface area contributed by atoms with Crippen LogP contribution in [0.15, 0.2) is 71.8 Å². The molecule has 0 unspecified atom stereocenters. The van der Waals surface area contributed by atoms with Crippen LogP contribution in [0.2, 0.25) is 10.0 Å². The summed E-state index contributed by atoms with van der Waals surface area (Å²) >= 11 is 12.1. The van der Waals surface area contributed by atoms with Crippen LogP contribution in [0.5, 0.6) is 17.2 Å². The summed E-state index contributed by atoms with van der Waals surface area (Å²) < 4.78 is 16.6. The lowest BCUT2D eigenvalue weighted by molar-refractivity contribution is -0.132. The Bertz CT molecular complexity index is 1380. The SMILES string of the molecule is CCOc1cc(/C=N\NC(=O)[C@@H](Cc2ccccc2)NC(=O)[C@@H](C)Oc2ccc(Cl)cc2Cl)ccc1OCC#N. The highest BCUT2D eigenvalue weighted by molar-refractivity contribution is 6.35. The zero-order valence-corrected chi connectivity index (χ0v) is 23.4. The largest absolute Gasteiger partial charge is 0.490 e. The highest BCUT2D eigenvalue weighted by Gasteiger charge is 2.25. The van der Waals surface area contributed by atoms with Gasteiger partial charge in [-0.15, -0.1) is 0 Å². The summed E-state index contributed by atoms with van der Waals surface area (Å²) in [5.41, 5.74) is 3.95. The van der Waals surface area contributed by atoms with E-state index in [0.717, 1.165) is 5.56 Å². The lowest BCUT2D eigenvalue weighted by atomic mass is 10.1. The van der Waals surface area contributed by atoms with E-state index in [1.165, 1.54) is 12.3 Å². The highest BCUT2D eigenvalue weighted by atomic mass is 35.5. The minimum absolute atomic E-state index is 0.117. The fourth-order valence-corrected chi connectivity index (χ4v) is 3.97. The van der Waals surface area contributed by atoms with Crippen molar-refractivity contribution in [1.82, 2.24) is 10.7 Å². The number of benzene rings is 3. The van der Waals surface area contributed by atoms with Crippen molar-refractivity contribution >= 4 is 41.2 Å². The molecule has 3 aromatic rings. The van der Waals surface area contributed by atoms with Crippen LogP contribution in [-0.2, 0) is 16.0 Å². The Kier molecular flexibility index (Phi) is 11.6. The molecule has 0 saturated carbocycles. The number of amides is 2. The normalized spacial score (nSPS) is 12.2. The van der Waals surface area contributed by atoms with Crippen molar-refractivity contribution in [3.8, 4) is 23.3 Å². The Morgan fingerprint density at radius 1 is 1.00 bits per heavy atom. The lowest BCUT2D eigenvalue weighted by Gasteiger charge is -2.21. The molecule has 0 radical (unpaired) electrons. The molecule has 0 fully saturated rings. The van der Waals surface area contributed by atoms with Gasteiger partial charge in [0, 0.05) is 11.4 Å². The number of nitriles is 1. The van der Waals surface area contributed by atoms with Crippen LogP contribution in [0.3, 0.4) is 0 Å². The van der Waals surface area contributed by atoms with E-state index in [0.29, 0.717) is 28.7 Å². The summed E-state index contributed by atoms with van der Waals surface area (Å²) in [4.78, 5) is 26.1. The summed E-state index contributed by atoms with van der Waals surface area (Å²) in [7, 11) is 0. The van der Waals surface area contributed by atoms with E-state index in [2.05, 4.69) is 15.8 Å². The molecule has 0 aliphatic heterocycles. The molecular formula is C29H28Cl2N4O5. The summed E-state index contributed by atoms with van der Waals surface area (Å²) in [6.07, 6.45) is 0.707. The fraction of sp³-hybridized carbons (Fsp3) is 0.241. The minimum atomic E-state index is -0.952. The van der Waals surface area contributed by atoms with Gasteiger partial charge in [-0.1, -0.05) is 53.5 Å². The molecule has 9 nitrogen and oxygen atoms in total. The third kappa shape index (κ3) is 9.19. The zero-order valence-electron chi connectivity index (χ0n) is 21.9. The van der Waals surface area contributed by atoms with Crippen molar-refractivity contribution in [2.45, 2.75) is 32.4 Å². The Morgan fingerprint density at radius 2 is 1.75 bits per heavy atom. The van der Waals surface area contributed by atoms with Crippen molar-refractivity contribution in [1.29, 1.82) is 5.26 Å². The van der Waals surface area contributed by atoms with Gasteiger partial charge in [-0.2, -0.15) is 10.4 Å². The second-order valence-corrected chi connectivity index (χ2v) is 9.25. The monoisotopic (exact) mass is 582 g/mol. The Balaban J connectivity index is 1.70. The van der Waals surface area contributed by atoms with Crippen LogP contribution in [0.4, 0.5) is 0 Å². The van der Waals surface area contributed by atoms with Gasteiger partial charge in [0.25, 0.3) is 11.8 Å². The van der Waals surface area contributed by atoms with Gasteiger partial charge in [0.1, 0.15) is 17.9 Å². The molecule has 11 heteroatoms.